The molecule has 134 valence electrons. The van der Waals surface area contributed by atoms with Crippen molar-refractivity contribution < 1.29 is 4.74 Å². The summed E-state index contributed by atoms with van der Waals surface area (Å²) in [5.41, 5.74) is 2.20. The Bertz CT molecular complexity index is 806. The summed E-state index contributed by atoms with van der Waals surface area (Å²) < 4.78 is 6.77. The molecule has 0 radical (unpaired) electrons. The molecule has 0 spiro atoms. The lowest BCUT2D eigenvalue weighted by molar-refractivity contribution is 0.184. The first-order valence-corrected chi connectivity index (χ1v) is 10.5. The number of rotatable bonds is 5. The van der Waals surface area contributed by atoms with E-state index in [0.717, 1.165) is 58.7 Å². The second-order valence-electron chi connectivity index (χ2n) is 6.34. The number of thioether (sulfide) groups is 1. The predicted octanol–water partition coefficient (Wildman–Crippen LogP) is 1.70. The third-order valence-electron chi connectivity index (χ3n) is 4.64. The van der Waals surface area contributed by atoms with Gasteiger partial charge in [-0.05, 0) is 24.2 Å². The predicted molar refractivity (Wildman–Crippen MR) is 99.4 cm³/mol. The van der Waals surface area contributed by atoms with Gasteiger partial charge in [-0.2, -0.15) is 16.9 Å². The van der Waals surface area contributed by atoms with Crippen molar-refractivity contribution in [2.75, 3.05) is 24.3 Å². The van der Waals surface area contributed by atoms with Crippen molar-refractivity contribution in [3.8, 4) is 0 Å². The average Bonchev–Trinajstić information content (AvgIpc) is 3.25. The fourth-order valence-electron chi connectivity index (χ4n) is 3.40. The molecular formula is C16H21N5O2S2. The van der Waals surface area contributed by atoms with Gasteiger partial charge >= 0.3 is 0 Å². The summed E-state index contributed by atoms with van der Waals surface area (Å²) in [6, 6.07) is 2.01. The molecule has 0 saturated carbocycles. The molecule has 2 aromatic heterocycles. The molecule has 1 saturated heterocycles. The summed E-state index contributed by atoms with van der Waals surface area (Å²) in [5.74, 6) is 1.99. The lowest BCUT2D eigenvalue weighted by Gasteiger charge is -2.24. The van der Waals surface area contributed by atoms with E-state index in [1.54, 1.807) is 29.2 Å². The van der Waals surface area contributed by atoms with Gasteiger partial charge in [-0.25, -0.2) is 4.68 Å². The van der Waals surface area contributed by atoms with Crippen LogP contribution in [0.5, 0.6) is 0 Å². The standard InChI is InChI=1S/C16H21N5O2S2/c1-23-9-14-17-18-16(25-14)20-5-2-3-12(20)8-21-15(22)7-11-10-24-6-4-13(11)19-21/h7,12H,2-6,8-10H2,1H3. The van der Waals surface area contributed by atoms with Gasteiger partial charge in [0, 0.05) is 31.9 Å². The fourth-order valence-corrected chi connectivity index (χ4v) is 5.26. The molecule has 0 bridgehead atoms. The Kier molecular flexibility index (Phi) is 5.05. The largest absolute Gasteiger partial charge is 0.377 e. The third kappa shape index (κ3) is 3.58. The van der Waals surface area contributed by atoms with Crippen LogP contribution in [0.2, 0.25) is 0 Å². The number of hydrogen-bond donors (Lipinski definition) is 0. The van der Waals surface area contributed by atoms with Crippen LogP contribution in [0.25, 0.3) is 0 Å². The third-order valence-corrected chi connectivity index (χ3v) is 6.58. The molecule has 2 aromatic rings. The van der Waals surface area contributed by atoms with Crippen LogP contribution in [0.15, 0.2) is 10.9 Å². The monoisotopic (exact) mass is 379 g/mol. The number of ether oxygens (including phenoxy) is 1. The van der Waals surface area contributed by atoms with Crippen LogP contribution >= 0.6 is 23.1 Å². The van der Waals surface area contributed by atoms with E-state index in [2.05, 4.69) is 20.2 Å². The van der Waals surface area contributed by atoms with Gasteiger partial charge < -0.3 is 9.64 Å². The van der Waals surface area contributed by atoms with E-state index in [0.29, 0.717) is 13.2 Å². The van der Waals surface area contributed by atoms with E-state index >= 15 is 0 Å². The van der Waals surface area contributed by atoms with Crippen molar-refractivity contribution in [2.45, 2.75) is 44.2 Å². The van der Waals surface area contributed by atoms with Crippen LogP contribution in [0, 0.1) is 0 Å². The highest BCUT2D eigenvalue weighted by molar-refractivity contribution is 7.98. The maximum atomic E-state index is 12.4. The number of hydrogen-bond acceptors (Lipinski definition) is 8. The Balaban J connectivity index is 1.54. The molecule has 0 aromatic carbocycles. The second kappa shape index (κ2) is 7.43. The molecule has 2 aliphatic rings. The van der Waals surface area contributed by atoms with E-state index in [4.69, 9.17) is 4.74 Å². The zero-order valence-corrected chi connectivity index (χ0v) is 15.8. The number of aryl methyl sites for hydroxylation is 1. The minimum atomic E-state index is 0.00503. The van der Waals surface area contributed by atoms with Gasteiger partial charge in [0.15, 0.2) is 0 Å². The van der Waals surface area contributed by atoms with Crippen molar-refractivity contribution >= 4 is 28.2 Å². The molecule has 25 heavy (non-hydrogen) atoms. The van der Waals surface area contributed by atoms with Gasteiger partial charge in [-0.1, -0.05) is 11.3 Å². The normalized spacial score (nSPS) is 20.0. The van der Waals surface area contributed by atoms with E-state index in [9.17, 15) is 4.79 Å². The maximum Gasteiger partial charge on any atom is 0.267 e. The molecule has 9 heteroatoms. The molecule has 4 heterocycles. The fraction of sp³-hybridized carbons (Fsp3) is 0.625. The molecule has 0 N–H and O–H groups in total. The first-order chi connectivity index (χ1) is 12.2. The number of aromatic nitrogens is 4. The highest BCUT2D eigenvalue weighted by atomic mass is 32.2. The van der Waals surface area contributed by atoms with Crippen LogP contribution in [0.3, 0.4) is 0 Å². The average molecular weight is 380 g/mol. The summed E-state index contributed by atoms with van der Waals surface area (Å²) in [6.07, 6.45) is 3.09. The van der Waals surface area contributed by atoms with Gasteiger partial charge in [0.05, 0.1) is 18.3 Å². The first-order valence-electron chi connectivity index (χ1n) is 8.50. The van der Waals surface area contributed by atoms with Crippen LogP contribution in [0.4, 0.5) is 5.13 Å². The molecule has 2 aliphatic heterocycles. The topological polar surface area (TPSA) is 73.1 Å². The van der Waals surface area contributed by atoms with Crippen molar-refractivity contribution in [1.82, 2.24) is 20.0 Å². The summed E-state index contributed by atoms with van der Waals surface area (Å²) >= 11 is 3.43. The van der Waals surface area contributed by atoms with Crippen molar-refractivity contribution in [3.63, 3.8) is 0 Å². The van der Waals surface area contributed by atoms with Gasteiger partial charge in [-0.15, -0.1) is 10.2 Å². The molecule has 7 nitrogen and oxygen atoms in total. The molecule has 1 unspecified atom stereocenters. The minimum absolute atomic E-state index is 0.00503. The van der Waals surface area contributed by atoms with Crippen LogP contribution < -0.4 is 10.5 Å². The lowest BCUT2D eigenvalue weighted by atomic mass is 10.2. The summed E-state index contributed by atoms with van der Waals surface area (Å²) in [4.78, 5) is 14.7. The molecular weight excluding hydrogens is 358 g/mol. The van der Waals surface area contributed by atoms with Crippen LogP contribution in [-0.4, -0.2) is 45.4 Å². The number of nitrogens with zero attached hydrogens (tertiary/aromatic N) is 5. The van der Waals surface area contributed by atoms with E-state index < -0.39 is 0 Å². The molecule has 4 rings (SSSR count). The number of anilines is 1. The Labute approximate surface area is 154 Å². The van der Waals surface area contributed by atoms with Crippen molar-refractivity contribution in [1.29, 1.82) is 0 Å². The highest BCUT2D eigenvalue weighted by Crippen LogP contribution is 2.29. The molecule has 0 aliphatic carbocycles. The Morgan fingerprint density at radius 2 is 2.32 bits per heavy atom. The Morgan fingerprint density at radius 1 is 1.40 bits per heavy atom. The van der Waals surface area contributed by atoms with Crippen molar-refractivity contribution in [3.05, 3.63) is 32.7 Å². The second-order valence-corrected chi connectivity index (χ2v) is 8.49. The molecule has 1 fully saturated rings. The Morgan fingerprint density at radius 3 is 3.20 bits per heavy atom. The van der Waals surface area contributed by atoms with Crippen LogP contribution in [-0.2, 0) is 30.1 Å². The van der Waals surface area contributed by atoms with Gasteiger partial charge in [0.25, 0.3) is 5.56 Å². The highest BCUT2D eigenvalue weighted by Gasteiger charge is 2.28. The van der Waals surface area contributed by atoms with E-state index in [1.165, 1.54) is 0 Å². The zero-order chi connectivity index (χ0) is 17.2. The van der Waals surface area contributed by atoms with E-state index in [-0.39, 0.29) is 11.6 Å². The number of fused-ring (bicyclic) bond motifs is 1. The summed E-state index contributed by atoms with van der Waals surface area (Å²) in [5, 5.41) is 14.9. The summed E-state index contributed by atoms with van der Waals surface area (Å²) in [6.45, 7) is 2.04. The smallest absolute Gasteiger partial charge is 0.267 e. The molecule has 1 atom stereocenters. The van der Waals surface area contributed by atoms with Crippen LogP contribution in [0.1, 0.15) is 29.1 Å². The minimum Gasteiger partial charge on any atom is -0.377 e. The molecule has 0 amide bonds. The Hall–Kier alpha value is -1.45. The zero-order valence-electron chi connectivity index (χ0n) is 14.2. The summed E-state index contributed by atoms with van der Waals surface area (Å²) in [7, 11) is 1.66. The lowest BCUT2D eigenvalue weighted by Crippen LogP contribution is -2.37. The maximum absolute atomic E-state index is 12.4. The van der Waals surface area contributed by atoms with Gasteiger partial charge in [0.1, 0.15) is 11.6 Å². The SMILES string of the molecule is COCc1nnc(N2CCCC2Cn2nc3c(cc2=O)CSCC3)s1. The quantitative estimate of drug-likeness (QED) is 0.783. The van der Waals surface area contributed by atoms with E-state index in [1.807, 2.05) is 11.8 Å². The number of methoxy groups -OCH3 is 1. The van der Waals surface area contributed by atoms with Gasteiger partial charge in [-0.3, -0.25) is 4.79 Å². The van der Waals surface area contributed by atoms with Crippen molar-refractivity contribution in [2.24, 2.45) is 0 Å². The van der Waals surface area contributed by atoms with Gasteiger partial charge in [0.2, 0.25) is 5.13 Å². The first kappa shape index (κ1) is 17.0.